The quantitative estimate of drug-likeness (QED) is 0.752. The van der Waals surface area contributed by atoms with Crippen LogP contribution in [0.4, 0.5) is 0 Å². The van der Waals surface area contributed by atoms with Crippen LogP contribution in [-0.2, 0) is 4.79 Å². The molecule has 0 aromatic carbocycles. The van der Waals surface area contributed by atoms with E-state index in [9.17, 15) is 4.79 Å². The van der Waals surface area contributed by atoms with E-state index < -0.39 is 0 Å². The fourth-order valence-electron chi connectivity index (χ4n) is 3.37. The monoisotopic (exact) mass is 282 g/mol. The van der Waals surface area contributed by atoms with Crippen molar-refractivity contribution in [2.45, 2.75) is 66.2 Å². The Labute approximate surface area is 125 Å². The van der Waals surface area contributed by atoms with E-state index in [1.165, 1.54) is 19.3 Å². The van der Waals surface area contributed by atoms with Gasteiger partial charge in [-0.05, 0) is 55.4 Å². The Morgan fingerprint density at radius 3 is 2.50 bits per heavy atom. The van der Waals surface area contributed by atoms with E-state index in [0.717, 1.165) is 25.3 Å². The van der Waals surface area contributed by atoms with Crippen LogP contribution in [0, 0.1) is 23.2 Å². The van der Waals surface area contributed by atoms with Gasteiger partial charge in [0.15, 0.2) is 0 Å². The van der Waals surface area contributed by atoms with Gasteiger partial charge in [0.05, 0.1) is 0 Å². The predicted octanol–water partition coefficient (Wildman–Crippen LogP) is 3.33. The highest BCUT2D eigenvalue weighted by atomic mass is 16.1. The topological polar surface area (TPSA) is 55.1 Å². The summed E-state index contributed by atoms with van der Waals surface area (Å²) in [5, 5.41) is 3.12. The van der Waals surface area contributed by atoms with Crippen molar-refractivity contribution in [3.8, 4) is 0 Å². The first-order valence-corrected chi connectivity index (χ1v) is 8.29. The molecule has 1 aliphatic rings. The first-order valence-electron chi connectivity index (χ1n) is 8.29. The molecule has 1 saturated carbocycles. The Kier molecular flexibility index (Phi) is 7.01. The van der Waals surface area contributed by atoms with Crippen LogP contribution in [0.1, 0.15) is 66.2 Å². The average Bonchev–Trinajstić information content (AvgIpc) is 2.76. The van der Waals surface area contributed by atoms with Crippen molar-refractivity contribution < 1.29 is 4.79 Å². The maximum atomic E-state index is 12.0. The van der Waals surface area contributed by atoms with Crippen molar-refractivity contribution >= 4 is 5.91 Å². The Morgan fingerprint density at radius 1 is 1.30 bits per heavy atom. The highest BCUT2D eigenvalue weighted by Crippen LogP contribution is 2.32. The molecule has 0 saturated heterocycles. The normalized spacial score (nSPS) is 24.6. The largest absolute Gasteiger partial charge is 0.356 e. The summed E-state index contributed by atoms with van der Waals surface area (Å²) in [7, 11) is 0. The lowest BCUT2D eigenvalue weighted by Crippen LogP contribution is -2.30. The van der Waals surface area contributed by atoms with Gasteiger partial charge < -0.3 is 11.1 Å². The number of nitrogens with two attached hydrogens (primary N) is 1. The molecule has 0 aromatic heterocycles. The van der Waals surface area contributed by atoms with Gasteiger partial charge >= 0.3 is 0 Å². The summed E-state index contributed by atoms with van der Waals surface area (Å²) >= 11 is 0. The molecule has 0 spiro atoms. The summed E-state index contributed by atoms with van der Waals surface area (Å²) < 4.78 is 0. The molecule has 3 atom stereocenters. The van der Waals surface area contributed by atoms with Crippen LogP contribution in [0.5, 0.6) is 0 Å². The molecule has 0 bridgehead atoms. The summed E-state index contributed by atoms with van der Waals surface area (Å²) in [6, 6.07) is 0. The van der Waals surface area contributed by atoms with Gasteiger partial charge in [0.1, 0.15) is 0 Å². The summed E-state index contributed by atoms with van der Waals surface area (Å²) in [5.41, 5.74) is 5.92. The lowest BCUT2D eigenvalue weighted by Gasteiger charge is -2.30. The van der Waals surface area contributed by atoms with Crippen molar-refractivity contribution in [2.24, 2.45) is 28.9 Å². The number of hydrogen-bond donors (Lipinski definition) is 2. The minimum absolute atomic E-state index is 0.218. The van der Waals surface area contributed by atoms with Gasteiger partial charge in [0.25, 0.3) is 0 Å². The maximum absolute atomic E-state index is 12.0. The zero-order chi connectivity index (χ0) is 15.2. The van der Waals surface area contributed by atoms with E-state index in [-0.39, 0.29) is 11.3 Å². The molecule has 0 radical (unpaired) electrons. The number of hydrogen-bond acceptors (Lipinski definition) is 2. The maximum Gasteiger partial charge on any atom is 0.220 e. The molecule has 3 unspecified atom stereocenters. The molecule has 3 N–H and O–H groups in total. The third-order valence-corrected chi connectivity index (χ3v) is 4.85. The zero-order valence-corrected chi connectivity index (χ0v) is 13.9. The van der Waals surface area contributed by atoms with E-state index in [1.54, 1.807) is 0 Å². The van der Waals surface area contributed by atoms with Crippen LogP contribution in [0.15, 0.2) is 0 Å². The van der Waals surface area contributed by atoms with Gasteiger partial charge in [-0.2, -0.15) is 0 Å². The minimum atomic E-state index is 0.218. The second kappa shape index (κ2) is 8.02. The molecule has 3 heteroatoms. The molecule has 3 nitrogen and oxygen atoms in total. The van der Waals surface area contributed by atoms with Crippen LogP contribution in [0.2, 0.25) is 0 Å². The molecule has 0 aliphatic heterocycles. The Balaban J connectivity index is 2.24. The van der Waals surface area contributed by atoms with Crippen LogP contribution in [0.25, 0.3) is 0 Å². The number of nitrogens with one attached hydrogen (secondary N) is 1. The second-order valence-corrected chi connectivity index (χ2v) is 7.77. The van der Waals surface area contributed by atoms with Crippen LogP contribution in [-0.4, -0.2) is 19.0 Å². The molecular formula is C17H34N2O. The molecule has 118 valence electrons. The summed E-state index contributed by atoms with van der Waals surface area (Å²) in [6.07, 6.45) is 6.48. The SMILES string of the molecule is CC1CCC(CNC(=O)CCC(CCN)C(C)(C)C)C1. The van der Waals surface area contributed by atoms with Crippen molar-refractivity contribution in [1.82, 2.24) is 5.32 Å². The highest BCUT2D eigenvalue weighted by Gasteiger charge is 2.25. The third-order valence-electron chi connectivity index (χ3n) is 4.85. The number of carbonyl (C=O) groups is 1. The minimum Gasteiger partial charge on any atom is -0.356 e. The van der Waals surface area contributed by atoms with Crippen LogP contribution < -0.4 is 11.1 Å². The highest BCUT2D eigenvalue weighted by molar-refractivity contribution is 5.75. The van der Waals surface area contributed by atoms with E-state index >= 15 is 0 Å². The van der Waals surface area contributed by atoms with E-state index in [2.05, 4.69) is 33.0 Å². The summed E-state index contributed by atoms with van der Waals surface area (Å²) in [5.74, 6) is 2.30. The van der Waals surface area contributed by atoms with Crippen molar-refractivity contribution in [1.29, 1.82) is 0 Å². The standard InChI is InChI=1S/C17H34N2O/c1-13-5-6-14(11-13)12-19-16(20)8-7-15(9-10-18)17(2,3)4/h13-15H,5-12,18H2,1-4H3,(H,19,20). The molecule has 1 amide bonds. The molecule has 20 heavy (non-hydrogen) atoms. The summed E-state index contributed by atoms with van der Waals surface area (Å²) in [4.78, 5) is 12.0. The van der Waals surface area contributed by atoms with E-state index in [1.807, 2.05) is 0 Å². The van der Waals surface area contributed by atoms with Gasteiger partial charge in [-0.3, -0.25) is 4.79 Å². The van der Waals surface area contributed by atoms with Gasteiger partial charge in [0.2, 0.25) is 5.91 Å². The number of carbonyl (C=O) groups excluding carboxylic acids is 1. The fraction of sp³-hybridized carbons (Fsp3) is 0.941. The van der Waals surface area contributed by atoms with Crippen LogP contribution >= 0.6 is 0 Å². The predicted molar refractivity (Wildman–Crippen MR) is 85.4 cm³/mol. The molecule has 1 fully saturated rings. The Morgan fingerprint density at radius 2 is 2.00 bits per heavy atom. The Bertz CT molecular complexity index is 296. The first-order chi connectivity index (χ1) is 9.32. The zero-order valence-electron chi connectivity index (χ0n) is 13.9. The number of amides is 1. The second-order valence-electron chi connectivity index (χ2n) is 7.77. The van der Waals surface area contributed by atoms with Gasteiger partial charge in [-0.25, -0.2) is 0 Å². The molecule has 1 rings (SSSR count). The van der Waals surface area contributed by atoms with E-state index in [0.29, 0.717) is 24.8 Å². The smallest absolute Gasteiger partial charge is 0.220 e. The van der Waals surface area contributed by atoms with Crippen molar-refractivity contribution in [3.05, 3.63) is 0 Å². The molecular weight excluding hydrogens is 248 g/mol. The van der Waals surface area contributed by atoms with Gasteiger partial charge in [-0.1, -0.05) is 34.1 Å². The third kappa shape index (κ3) is 6.25. The molecule has 0 aromatic rings. The van der Waals surface area contributed by atoms with Gasteiger partial charge in [-0.15, -0.1) is 0 Å². The lowest BCUT2D eigenvalue weighted by atomic mass is 9.76. The van der Waals surface area contributed by atoms with E-state index in [4.69, 9.17) is 5.73 Å². The fourth-order valence-corrected chi connectivity index (χ4v) is 3.37. The molecule has 0 heterocycles. The van der Waals surface area contributed by atoms with Gasteiger partial charge in [0, 0.05) is 13.0 Å². The number of rotatable bonds is 7. The van der Waals surface area contributed by atoms with Crippen molar-refractivity contribution in [2.75, 3.05) is 13.1 Å². The molecule has 1 aliphatic carbocycles. The van der Waals surface area contributed by atoms with Crippen LogP contribution in [0.3, 0.4) is 0 Å². The average molecular weight is 282 g/mol. The lowest BCUT2D eigenvalue weighted by molar-refractivity contribution is -0.121. The van der Waals surface area contributed by atoms with Crippen molar-refractivity contribution in [3.63, 3.8) is 0 Å². The summed E-state index contributed by atoms with van der Waals surface area (Å²) in [6.45, 7) is 10.6. The Hall–Kier alpha value is -0.570. The first kappa shape index (κ1) is 17.5.